The summed E-state index contributed by atoms with van der Waals surface area (Å²) in [6.45, 7) is -0.574. The number of carbonyl (C=O) groups excluding carboxylic acids is 1. The zero-order valence-electron chi connectivity index (χ0n) is 14.6. The van der Waals surface area contributed by atoms with Crippen molar-refractivity contribution < 1.29 is 28.6 Å². The van der Waals surface area contributed by atoms with Gasteiger partial charge >= 0.3 is 5.97 Å². The van der Waals surface area contributed by atoms with E-state index >= 15 is 0 Å². The van der Waals surface area contributed by atoms with Crippen LogP contribution in [0.5, 0.6) is 11.5 Å². The van der Waals surface area contributed by atoms with Gasteiger partial charge in [-0.1, -0.05) is 12.1 Å². The molecule has 1 fully saturated rings. The first-order valence-corrected chi connectivity index (χ1v) is 8.82. The van der Waals surface area contributed by atoms with Gasteiger partial charge in [0.05, 0.1) is 17.7 Å². The molecule has 1 heterocycles. The van der Waals surface area contributed by atoms with E-state index in [9.17, 15) is 14.0 Å². The van der Waals surface area contributed by atoms with E-state index in [4.69, 9.17) is 20.0 Å². The summed E-state index contributed by atoms with van der Waals surface area (Å²) >= 11 is 0.937. The molecule has 0 atom stereocenters. The van der Waals surface area contributed by atoms with E-state index in [1.807, 2.05) is 0 Å². The molecular formula is C19H15FN2O5S. The fraction of sp³-hybridized carbons (Fsp3) is 0.105. The van der Waals surface area contributed by atoms with Crippen LogP contribution in [0.25, 0.3) is 6.08 Å². The summed E-state index contributed by atoms with van der Waals surface area (Å²) in [7, 11) is 1.42. The molecule has 2 aromatic carbocycles. The van der Waals surface area contributed by atoms with Gasteiger partial charge in [-0.05, 0) is 48.2 Å². The van der Waals surface area contributed by atoms with Crippen LogP contribution in [0, 0.1) is 11.2 Å². The number of rotatable bonds is 6. The normalized spacial score (nSPS) is 15.2. The van der Waals surface area contributed by atoms with Crippen molar-refractivity contribution in [3.05, 3.63) is 58.8 Å². The highest BCUT2D eigenvalue weighted by Gasteiger charge is 2.33. The van der Waals surface area contributed by atoms with Gasteiger partial charge in [-0.15, -0.1) is 0 Å². The zero-order chi connectivity index (χ0) is 20.3. The number of ether oxygens (including phenoxy) is 2. The van der Waals surface area contributed by atoms with Crippen molar-refractivity contribution in [3.8, 4) is 11.5 Å². The number of benzene rings is 2. The van der Waals surface area contributed by atoms with E-state index < -0.39 is 24.3 Å². The SMILES string of the molecule is COc1cccc(C=C2SC(=N)N(c3ccc(F)cc3)C2=O)c1OCC(=O)O. The van der Waals surface area contributed by atoms with Gasteiger partial charge in [0, 0.05) is 5.56 Å². The third kappa shape index (κ3) is 3.99. The number of methoxy groups -OCH3 is 1. The number of thioether (sulfide) groups is 1. The van der Waals surface area contributed by atoms with Crippen LogP contribution in [-0.2, 0) is 9.59 Å². The number of hydrogen-bond donors (Lipinski definition) is 2. The van der Waals surface area contributed by atoms with Crippen molar-refractivity contribution in [2.45, 2.75) is 0 Å². The van der Waals surface area contributed by atoms with Gasteiger partial charge in [-0.2, -0.15) is 0 Å². The molecule has 3 rings (SSSR count). The Labute approximate surface area is 163 Å². The Morgan fingerprint density at radius 1 is 1.29 bits per heavy atom. The van der Waals surface area contributed by atoms with Crippen molar-refractivity contribution >= 4 is 40.6 Å². The molecule has 2 N–H and O–H groups in total. The minimum atomic E-state index is -1.15. The molecule has 144 valence electrons. The molecule has 1 aliphatic rings. The lowest BCUT2D eigenvalue weighted by molar-refractivity contribution is -0.139. The lowest BCUT2D eigenvalue weighted by Gasteiger charge is -2.14. The van der Waals surface area contributed by atoms with Crippen LogP contribution in [0.2, 0.25) is 0 Å². The Morgan fingerprint density at radius 2 is 2.00 bits per heavy atom. The number of carbonyl (C=O) groups is 2. The van der Waals surface area contributed by atoms with Crippen LogP contribution in [0.3, 0.4) is 0 Å². The Kier molecular flexibility index (Phi) is 5.65. The fourth-order valence-corrected chi connectivity index (χ4v) is 3.40. The van der Waals surface area contributed by atoms with Gasteiger partial charge in [-0.25, -0.2) is 9.18 Å². The third-order valence-electron chi connectivity index (χ3n) is 3.76. The number of halogens is 1. The minimum absolute atomic E-state index is 0.0289. The van der Waals surface area contributed by atoms with Gasteiger partial charge in [0.25, 0.3) is 5.91 Å². The van der Waals surface area contributed by atoms with Crippen LogP contribution < -0.4 is 14.4 Å². The number of hydrogen-bond acceptors (Lipinski definition) is 6. The Bertz CT molecular complexity index is 975. The van der Waals surface area contributed by atoms with Gasteiger partial charge in [0.15, 0.2) is 23.3 Å². The first-order valence-electron chi connectivity index (χ1n) is 8.00. The molecule has 0 spiro atoms. The maximum absolute atomic E-state index is 13.1. The lowest BCUT2D eigenvalue weighted by Crippen LogP contribution is -2.28. The predicted octanol–water partition coefficient (Wildman–Crippen LogP) is 3.35. The number of amides is 1. The van der Waals surface area contributed by atoms with Gasteiger partial charge < -0.3 is 14.6 Å². The van der Waals surface area contributed by atoms with Crippen LogP contribution in [0.1, 0.15) is 5.56 Å². The number of carboxylic acids is 1. The second-order valence-corrected chi connectivity index (χ2v) is 6.62. The number of para-hydroxylation sites is 1. The highest BCUT2D eigenvalue weighted by Crippen LogP contribution is 2.38. The van der Waals surface area contributed by atoms with E-state index in [2.05, 4.69) is 0 Å². The van der Waals surface area contributed by atoms with Gasteiger partial charge in [0.1, 0.15) is 5.82 Å². The number of nitrogens with one attached hydrogen (secondary N) is 1. The molecule has 0 aromatic heterocycles. The largest absolute Gasteiger partial charge is 0.493 e. The molecule has 0 bridgehead atoms. The van der Waals surface area contributed by atoms with Crippen molar-refractivity contribution in [1.29, 1.82) is 5.41 Å². The van der Waals surface area contributed by atoms with Crippen molar-refractivity contribution in [2.24, 2.45) is 0 Å². The average molecular weight is 402 g/mol. The second kappa shape index (κ2) is 8.13. The summed E-state index contributed by atoms with van der Waals surface area (Å²) in [4.78, 5) is 25.0. The summed E-state index contributed by atoms with van der Waals surface area (Å²) in [5, 5.41) is 16.9. The number of carboxylic acid groups (broad SMARTS) is 1. The van der Waals surface area contributed by atoms with E-state index in [1.165, 1.54) is 37.5 Å². The number of anilines is 1. The van der Waals surface area contributed by atoms with Gasteiger partial charge in [0.2, 0.25) is 0 Å². The molecule has 28 heavy (non-hydrogen) atoms. The summed E-state index contributed by atoms with van der Waals surface area (Å²) in [5.74, 6) is -1.55. The monoisotopic (exact) mass is 402 g/mol. The third-order valence-corrected chi connectivity index (χ3v) is 4.65. The van der Waals surface area contributed by atoms with E-state index in [1.54, 1.807) is 18.2 Å². The Morgan fingerprint density at radius 3 is 2.64 bits per heavy atom. The topological polar surface area (TPSA) is 99.9 Å². The molecule has 2 aromatic rings. The maximum Gasteiger partial charge on any atom is 0.341 e. The standard InChI is InChI=1S/C19H15FN2O5S/c1-26-14-4-2-3-11(17(14)27-10-16(23)24)9-15-18(25)22(19(21)28-15)13-7-5-12(20)6-8-13/h2-9,21H,10H2,1H3,(H,23,24). The van der Waals surface area contributed by atoms with Crippen LogP contribution >= 0.6 is 11.8 Å². The second-order valence-electron chi connectivity index (χ2n) is 5.59. The number of nitrogens with zero attached hydrogens (tertiary/aromatic N) is 1. The van der Waals surface area contributed by atoms with Crippen molar-refractivity contribution in [3.63, 3.8) is 0 Å². The molecule has 0 saturated carbocycles. The van der Waals surface area contributed by atoms with Crippen LogP contribution in [-0.4, -0.2) is 35.9 Å². The van der Waals surface area contributed by atoms with Crippen molar-refractivity contribution in [2.75, 3.05) is 18.6 Å². The summed E-state index contributed by atoms with van der Waals surface area (Å²) in [6, 6.07) is 10.2. The van der Waals surface area contributed by atoms with Crippen molar-refractivity contribution in [1.82, 2.24) is 0 Å². The minimum Gasteiger partial charge on any atom is -0.493 e. The molecule has 7 nitrogen and oxygen atoms in total. The zero-order valence-corrected chi connectivity index (χ0v) is 15.5. The average Bonchev–Trinajstić information content (AvgIpc) is 2.94. The molecule has 0 radical (unpaired) electrons. The molecule has 1 aliphatic heterocycles. The molecular weight excluding hydrogens is 387 g/mol. The fourth-order valence-electron chi connectivity index (χ4n) is 2.55. The predicted molar refractivity (Wildman–Crippen MR) is 103 cm³/mol. The maximum atomic E-state index is 13.1. The number of aliphatic carboxylic acids is 1. The first kappa shape index (κ1) is 19.4. The smallest absolute Gasteiger partial charge is 0.341 e. The molecule has 0 aliphatic carbocycles. The highest BCUT2D eigenvalue weighted by molar-refractivity contribution is 8.19. The quantitative estimate of drug-likeness (QED) is 0.719. The summed E-state index contributed by atoms with van der Waals surface area (Å²) in [5.41, 5.74) is 0.811. The molecule has 1 amide bonds. The first-order chi connectivity index (χ1) is 13.4. The molecule has 0 unspecified atom stereocenters. The van der Waals surface area contributed by atoms with Crippen LogP contribution in [0.4, 0.5) is 10.1 Å². The highest BCUT2D eigenvalue weighted by atomic mass is 32.2. The van der Waals surface area contributed by atoms with E-state index in [-0.39, 0.29) is 15.8 Å². The summed E-state index contributed by atoms with van der Waals surface area (Å²) < 4.78 is 23.7. The Balaban J connectivity index is 1.95. The molecule has 9 heteroatoms. The number of amidine groups is 1. The van der Waals surface area contributed by atoms with Gasteiger partial charge in [-0.3, -0.25) is 15.1 Å². The van der Waals surface area contributed by atoms with Crippen LogP contribution in [0.15, 0.2) is 47.4 Å². The lowest BCUT2D eigenvalue weighted by atomic mass is 10.1. The summed E-state index contributed by atoms with van der Waals surface area (Å²) in [6.07, 6.45) is 1.50. The molecule has 1 saturated heterocycles. The Hall–Kier alpha value is -3.33. The van der Waals surface area contributed by atoms with E-state index in [0.29, 0.717) is 17.0 Å². The van der Waals surface area contributed by atoms with E-state index in [0.717, 1.165) is 16.7 Å².